The highest BCUT2D eigenvalue weighted by molar-refractivity contribution is 5.71. The second kappa shape index (κ2) is 65.3. The fourth-order valence-electron chi connectivity index (χ4n) is 8.91. The average Bonchev–Trinajstić information content (AvgIpc) is 3.44. The zero-order valence-electron chi connectivity index (χ0n) is 50.9. The van der Waals surface area contributed by atoms with Crippen LogP contribution < -0.4 is 0 Å². The van der Waals surface area contributed by atoms with Crippen molar-refractivity contribution in [2.24, 2.45) is 0 Å². The predicted molar refractivity (Wildman–Crippen MR) is 339 cm³/mol. The fourth-order valence-corrected chi connectivity index (χ4v) is 8.91. The predicted octanol–water partition coefficient (Wildman–Crippen LogP) is 22.4. The smallest absolute Gasteiger partial charge is 0.306 e. The van der Waals surface area contributed by atoms with Gasteiger partial charge in [0.25, 0.3) is 0 Å². The first-order chi connectivity index (χ1) is 38.5. The minimum atomic E-state index is -0.797. The van der Waals surface area contributed by atoms with E-state index < -0.39 is 6.10 Å². The summed E-state index contributed by atoms with van der Waals surface area (Å²) >= 11 is 0. The lowest BCUT2D eigenvalue weighted by atomic mass is 10.0. The summed E-state index contributed by atoms with van der Waals surface area (Å²) < 4.78 is 16.9. The lowest BCUT2D eigenvalue weighted by Crippen LogP contribution is -2.30. The normalized spacial score (nSPS) is 12.9. The molecule has 0 aliphatic heterocycles. The molecule has 0 fully saturated rings. The number of rotatable bonds is 58. The highest BCUT2D eigenvalue weighted by atomic mass is 16.6. The van der Waals surface area contributed by atoms with E-state index in [9.17, 15) is 14.4 Å². The van der Waals surface area contributed by atoms with Crippen LogP contribution in [0.25, 0.3) is 0 Å². The van der Waals surface area contributed by atoms with E-state index in [4.69, 9.17) is 14.2 Å². The van der Waals surface area contributed by atoms with E-state index in [0.717, 1.165) is 148 Å². The molecule has 0 aromatic rings. The number of hydrogen-bond acceptors (Lipinski definition) is 6. The monoisotopic (exact) mass is 1080 g/mol. The molecular weight excluding hydrogens is 961 g/mol. The SMILES string of the molecule is CC/C=C\C/C=C\C/C=C\C/C=C\C/C=C\CCCCCCCCCC(=O)OCC(COC(=O)CCCCCCCCCCCCCCCCCC)OC(=O)CCCCCCC/C=C\C/C=C\C/C=C\C/C=C\C/C=C\CC. The molecular formula is C72H120O6. The molecule has 0 amide bonds. The first-order valence-corrected chi connectivity index (χ1v) is 32.5. The van der Waals surface area contributed by atoms with Crippen molar-refractivity contribution >= 4 is 17.9 Å². The fraction of sp³-hybridized carbons (Fsp3) is 0.681. The van der Waals surface area contributed by atoms with Gasteiger partial charge in [0.2, 0.25) is 0 Å². The number of unbranched alkanes of at least 4 members (excludes halogenated alkanes) is 27. The number of hydrogen-bond donors (Lipinski definition) is 0. The Morgan fingerprint density at radius 2 is 0.500 bits per heavy atom. The van der Waals surface area contributed by atoms with Crippen LogP contribution in [0.5, 0.6) is 0 Å². The molecule has 0 bridgehead atoms. The number of carbonyl (C=O) groups excluding carboxylic acids is 3. The molecule has 0 rings (SSSR count). The molecule has 0 aromatic carbocycles. The summed E-state index contributed by atoms with van der Waals surface area (Å²) in [4.78, 5) is 38.4. The van der Waals surface area contributed by atoms with Crippen molar-refractivity contribution in [2.45, 2.75) is 303 Å². The Morgan fingerprint density at radius 1 is 0.269 bits per heavy atom. The minimum absolute atomic E-state index is 0.0897. The van der Waals surface area contributed by atoms with Gasteiger partial charge in [-0.05, 0) is 109 Å². The van der Waals surface area contributed by atoms with E-state index in [1.165, 1.54) is 109 Å². The summed E-state index contributed by atoms with van der Waals surface area (Å²) in [7, 11) is 0. The molecule has 0 heterocycles. The van der Waals surface area contributed by atoms with E-state index in [2.05, 4.69) is 142 Å². The number of carbonyl (C=O) groups is 3. The van der Waals surface area contributed by atoms with Gasteiger partial charge < -0.3 is 14.2 Å². The summed E-state index contributed by atoms with van der Waals surface area (Å²) in [5.41, 5.74) is 0. The Kier molecular flexibility index (Phi) is 61.8. The molecule has 6 nitrogen and oxygen atoms in total. The summed E-state index contributed by atoms with van der Waals surface area (Å²) in [6.45, 7) is 6.41. The topological polar surface area (TPSA) is 78.9 Å². The van der Waals surface area contributed by atoms with Gasteiger partial charge in [-0.1, -0.05) is 290 Å². The molecule has 1 atom stereocenters. The van der Waals surface area contributed by atoms with Crippen molar-refractivity contribution in [3.63, 3.8) is 0 Å². The quantitative estimate of drug-likeness (QED) is 0.0261. The van der Waals surface area contributed by atoms with Crippen molar-refractivity contribution in [1.82, 2.24) is 0 Å². The Labute approximate surface area is 482 Å². The van der Waals surface area contributed by atoms with Gasteiger partial charge in [-0.2, -0.15) is 0 Å². The molecule has 0 aromatic heterocycles. The van der Waals surface area contributed by atoms with Gasteiger partial charge in [0.15, 0.2) is 6.10 Å². The lowest BCUT2D eigenvalue weighted by Gasteiger charge is -2.18. The third kappa shape index (κ3) is 62.7. The van der Waals surface area contributed by atoms with Gasteiger partial charge in [0, 0.05) is 19.3 Å². The molecule has 0 aliphatic rings. The standard InChI is InChI=1S/C72H120O6/c1-4-7-10-13-16-19-22-25-28-31-33-35-36-38-39-41-44-47-50-53-56-59-62-65-71(74)77-68-69(67-76-70(73)64-61-58-55-52-49-46-43-30-27-24-21-18-15-12-9-6-3)78-72(75)66-63-60-57-54-51-48-45-42-40-37-34-32-29-26-23-20-17-14-11-8-5-2/h7-8,10-11,16-17,19-20,25-26,28-29,33-35,37-39,42,45,69H,4-6,9,12-15,18,21-24,27,30-32,36,40-41,43-44,46-68H2,1-3H3/b10-7-,11-8-,19-16-,20-17-,28-25-,29-26-,35-33-,37-34-,39-38-,45-42-. The zero-order chi connectivity index (χ0) is 56.4. The Balaban J connectivity index is 4.44. The van der Waals surface area contributed by atoms with E-state index in [-0.39, 0.29) is 31.1 Å². The van der Waals surface area contributed by atoms with Crippen LogP contribution >= 0.6 is 0 Å². The summed E-state index contributed by atoms with van der Waals surface area (Å²) in [5.74, 6) is -0.912. The van der Waals surface area contributed by atoms with Gasteiger partial charge in [-0.25, -0.2) is 0 Å². The van der Waals surface area contributed by atoms with Gasteiger partial charge in [0.05, 0.1) is 0 Å². The Morgan fingerprint density at radius 3 is 0.782 bits per heavy atom. The minimum Gasteiger partial charge on any atom is -0.462 e. The van der Waals surface area contributed by atoms with Crippen LogP contribution in [0.2, 0.25) is 0 Å². The highest BCUT2D eigenvalue weighted by Gasteiger charge is 2.19. The maximum atomic E-state index is 12.9. The molecule has 0 saturated carbocycles. The van der Waals surface area contributed by atoms with Gasteiger partial charge in [-0.15, -0.1) is 0 Å². The summed E-state index contributed by atoms with van der Waals surface area (Å²) in [5, 5.41) is 0. The van der Waals surface area contributed by atoms with Crippen LogP contribution in [0.15, 0.2) is 122 Å². The molecule has 444 valence electrons. The second-order valence-electron chi connectivity index (χ2n) is 21.3. The second-order valence-corrected chi connectivity index (χ2v) is 21.3. The number of ether oxygens (including phenoxy) is 3. The summed E-state index contributed by atoms with van der Waals surface area (Å²) in [6.07, 6.45) is 90.5. The van der Waals surface area contributed by atoms with Crippen molar-refractivity contribution in [3.8, 4) is 0 Å². The molecule has 0 saturated heterocycles. The number of esters is 3. The van der Waals surface area contributed by atoms with Crippen molar-refractivity contribution in [2.75, 3.05) is 13.2 Å². The lowest BCUT2D eigenvalue weighted by molar-refractivity contribution is -0.167. The molecule has 78 heavy (non-hydrogen) atoms. The first kappa shape index (κ1) is 73.8. The van der Waals surface area contributed by atoms with Crippen LogP contribution in [0.1, 0.15) is 297 Å². The molecule has 0 spiro atoms. The van der Waals surface area contributed by atoms with Crippen molar-refractivity contribution in [3.05, 3.63) is 122 Å². The highest BCUT2D eigenvalue weighted by Crippen LogP contribution is 2.16. The van der Waals surface area contributed by atoms with E-state index >= 15 is 0 Å². The van der Waals surface area contributed by atoms with E-state index in [0.29, 0.717) is 19.3 Å². The van der Waals surface area contributed by atoms with Crippen LogP contribution in [-0.4, -0.2) is 37.2 Å². The average molecular weight is 1080 g/mol. The van der Waals surface area contributed by atoms with E-state index in [1.807, 2.05) is 0 Å². The molecule has 0 radical (unpaired) electrons. The van der Waals surface area contributed by atoms with Crippen LogP contribution in [0.4, 0.5) is 0 Å². The molecule has 6 heteroatoms. The maximum Gasteiger partial charge on any atom is 0.306 e. The zero-order valence-corrected chi connectivity index (χ0v) is 50.9. The first-order valence-electron chi connectivity index (χ1n) is 32.5. The van der Waals surface area contributed by atoms with Gasteiger partial charge >= 0.3 is 17.9 Å². The molecule has 0 aliphatic carbocycles. The van der Waals surface area contributed by atoms with Gasteiger partial charge in [-0.3, -0.25) is 14.4 Å². The van der Waals surface area contributed by atoms with E-state index in [1.54, 1.807) is 0 Å². The van der Waals surface area contributed by atoms with Crippen LogP contribution in [0.3, 0.4) is 0 Å². The third-order valence-corrected chi connectivity index (χ3v) is 13.7. The third-order valence-electron chi connectivity index (χ3n) is 13.7. The molecule has 1 unspecified atom stereocenters. The summed E-state index contributed by atoms with van der Waals surface area (Å²) in [6, 6.07) is 0. The van der Waals surface area contributed by atoms with Crippen molar-refractivity contribution in [1.29, 1.82) is 0 Å². The van der Waals surface area contributed by atoms with Crippen LogP contribution in [-0.2, 0) is 28.6 Å². The van der Waals surface area contributed by atoms with Crippen LogP contribution in [0, 0.1) is 0 Å². The Hall–Kier alpha value is -4.19. The molecule has 0 N–H and O–H groups in total. The van der Waals surface area contributed by atoms with Gasteiger partial charge in [0.1, 0.15) is 13.2 Å². The largest absolute Gasteiger partial charge is 0.462 e. The maximum absolute atomic E-state index is 12.9. The number of allylic oxidation sites excluding steroid dienone is 20. The van der Waals surface area contributed by atoms with Crippen molar-refractivity contribution < 1.29 is 28.6 Å². The Bertz CT molecular complexity index is 1620.